The van der Waals surface area contributed by atoms with E-state index in [2.05, 4.69) is 11.4 Å². The molecule has 0 aliphatic carbocycles. The fourth-order valence-corrected chi connectivity index (χ4v) is 3.93. The molecular weight excluding hydrogens is 446 g/mol. The van der Waals surface area contributed by atoms with Crippen LogP contribution in [0.15, 0.2) is 29.3 Å². The number of nitrogens with zero attached hydrogens (tertiary/aromatic N) is 3. The van der Waals surface area contributed by atoms with Gasteiger partial charge in [-0.25, -0.2) is 9.18 Å². The van der Waals surface area contributed by atoms with Crippen LogP contribution in [-0.2, 0) is 9.53 Å². The maximum atomic E-state index is 14.9. The Morgan fingerprint density at radius 1 is 1.39 bits per heavy atom. The molecule has 2 fully saturated rings. The lowest BCUT2D eigenvalue weighted by Gasteiger charge is -2.31. The number of ether oxygens (including phenoxy) is 1. The first-order valence-electron chi connectivity index (χ1n) is 10.0. The first-order chi connectivity index (χ1) is 14.8. The number of carbonyl (C=O) groups excluding carboxylic acids is 2. The molecular formula is C21H23Cl2FN4O3. The van der Waals surface area contributed by atoms with Crippen LogP contribution in [0.3, 0.4) is 0 Å². The van der Waals surface area contributed by atoms with Crippen molar-refractivity contribution in [3.63, 3.8) is 0 Å². The number of hydrogen-bond donors (Lipinski definition) is 1. The molecule has 0 unspecified atom stereocenters. The SMILES string of the molecule is CCC(C#N)=C1CCN(c2ccc(N3C[C@H](CNC(=O)C(Cl)Cl)OC3=O)cc2F)CC1. The summed E-state index contributed by atoms with van der Waals surface area (Å²) in [7, 11) is 0. The molecule has 7 nitrogen and oxygen atoms in total. The van der Waals surface area contributed by atoms with Crippen LogP contribution in [0, 0.1) is 17.1 Å². The van der Waals surface area contributed by atoms with Gasteiger partial charge in [0.15, 0.2) is 4.84 Å². The summed E-state index contributed by atoms with van der Waals surface area (Å²) in [5.41, 5.74) is 2.81. The van der Waals surface area contributed by atoms with Gasteiger partial charge < -0.3 is 15.0 Å². The molecule has 2 aliphatic heterocycles. The fraction of sp³-hybridized carbons (Fsp3) is 0.476. The number of allylic oxidation sites excluding steroid dienone is 1. The van der Waals surface area contributed by atoms with E-state index in [1.165, 1.54) is 11.0 Å². The summed E-state index contributed by atoms with van der Waals surface area (Å²) >= 11 is 10.9. The third kappa shape index (κ3) is 5.41. The van der Waals surface area contributed by atoms with E-state index in [1.54, 1.807) is 12.1 Å². The number of nitrogens with one attached hydrogen (secondary N) is 1. The number of alkyl halides is 2. The van der Waals surface area contributed by atoms with Gasteiger partial charge in [-0.1, -0.05) is 35.7 Å². The minimum Gasteiger partial charge on any atom is -0.442 e. The first kappa shape index (κ1) is 23.2. The molecule has 1 atom stereocenters. The second-order valence-electron chi connectivity index (χ2n) is 7.33. The first-order valence-corrected chi connectivity index (χ1v) is 10.9. The highest BCUT2D eigenvalue weighted by molar-refractivity contribution is 6.53. The Balaban J connectivity index is 1.64. The number of hydrogen-bond acceptors (Lipinski definition) is 5. The number of amides is 2. The molecule has 0 aromatic heterocycles. The highest BCUT2D eigenvalue weighted by Gasteiger charge is 2.33. The van der Waals surface area contributed by atoms with Crippen molar-refractivity contribution in [1.82, 2.24) is 5.32 Å². The molecule has 0 saturated carbocycles. The number of nitriles is 1. The zero-order chi connectivity index (χ0) is 22.5. The number of carbonyl (C=O) groups is 2. The number of anilines is 2. The zero-order valence-electron chi connectivity index (χ0n) is 17.0. The summed E-state index contributed by atoms with van der Waals surface area (Å²) in [6.45, 7) is 3.45. The number of piperidine rings is 1. The number of benzene rings is 1. The number of halogens is 3. The highest BCUT2D eigenvalue weighted by Crippen LogP contribution is 2.31. The van der Waals surface area contributed by atoms with Crippen molar-refractivity contribution in [1.29, 1.82) is 5.26 Å². The van der Waals surface area contributed by atoms with Gasteiger partial charge in [0.2, 0.25) is 0 Å². The molecule has 2 amide bonds. The molecule has 0 bridgehead atoms. The third-order valence-electron chi connectivity index (χ3n) is 5.44. The Bertz CT molecular complexity index is 922. The van der Waals surface area contributed by atoms with Crippen LogP contribution in [0.4, 0.5) is 20.6 Å². The highest BCUT2D eigenvalue weighted by atomic mass is 35.5. The average Bonchev–Trinajstić information content (AvgIpc) is 3.14. The van der Waals surface area contributed by atoms with Gasteiger partial charge in [0.1, 0.15) is 11.9 Å². The van der Waals surface area contributed by atoms with E-state index >= 15 is 0 Å². The van der Waals surface area contributed by atoms with Gasteiger partial charge in [-0.05, 0) is 37.5 Å². The van der Waals surface area contributed by atoms with Crippen molar-refractivity contribution in [2.24, 2.45) is 0 Å². The lowest BCUT2D eigenvalue weighted by atomic mass is 9.96. The summed E-state index contributed by atoms with van der Waals surface area (Å²) in [5, 5.41) is 11.7. The Labute approximate surface area is 190 Å². The van der Waals surface area contributed by atoms with Crippen LogP contribution in [-0.4, -0.2) is 49.1 Å². The van der Waals surface area contributed by atoms with E-state index in [0.29, 0.717) is 30.9 Å². The summed E-state index contributed by atoms with van der Waals surface area (Å²) < 4.78 is 20.1. The fourth-order valence-electron chi connectivity index (χ4n) is 3.78. The Hall–Kier alpha value is -2.50. The maximum Gasteiger partial charge on any atom is 0.414 e. The Kier molecular flexibility index (Phi) is 7.63. The largest absolute Gasteiger partial charge is 0.442 e. The summed E-state index contributed by atoms with van der Waals surface area (Å²) in [4.78, 5) is 25.7. The van der Waals surface area contributed by atoms with Crippen molar-refractivity contribution in [3.8, 4) is 6.07 Å². The zero-order valence-corrected chi connectivity index (χ0v) is 18.5. The summed E-state index contributed by atoms with van der Waals surface area (Å²) in [6, 6.07) is 6.89. The van der Waals surface area contributed by atoms with E-state index in [0.717, 1.165) is 24.0 Å². The molecule has 0 spiro atoms. The molecule has 10 heteroatoms. The van der Waals surface area contributed by atoms with Crippen molar-refractivity contribution >= 4 is 46.6 Å². The maximum absolute atomic E-state index is 14.9. The van der Waals surface area contributed by atoms with E-state index in [-0.39, 0.29) is 13.1 Å². The normalized spacial score (nSPS) is 18.8. The summed E-state index contributed by atoms with van der Waals surface area (Å²) in [6.07, 6.45) is 0.969. The molecule has 1 N–H and O–H groups in total. The second kappa shape index (κ2) is 10.2. The molecule has 1 aromatic rings. The predicted octanol–water partition coefficient (Wildman–Crippen LogP) is 3.90. The van der Waals surface area contributed by atoms with Crippen LogP contribution >= 0.6 is 23.2 Å². The van der Waals surface area contributed by atoms with Crippen LogP contribution in [0.2, 0.25) is 0 Å². The van der Waals surface area contributed by atoms with Crippen LogP contribution in [0.5, 0.6) is 0 Å². The van der Waals surface area contributed by atoms with Crippen LogP contribution in [0.25, 0.3) is 0 Å². The minimum atomic E-state index is -1.20. The molecule has 1 aromatic carbocycles. The van der Waals surface area contributed by atoms with E-state index in [9.17, 15) is 19.2 Å². The van der Waals surface area contributed by atoms with Crippen molar-refractivity contribution in [2.45, 2.75) is 37.1 Å². The molecule has 2 heterocycles. The van der Waals surface area contributed by atoms with Crippen LogP contribution < -0.4 is 15.1 Å². The second-order valence-corrected chi connectivity index (χ2v) is 8.43. The molecule has 31 heavy (non-hydrogen) atoms. The molecule has 3 rings (SSSR count). The van der Waals surface area contributed by atoms with Gasteiger partial charge in [-0.3, -0.25) is 9.69 Å². The Morgan fingerprint density at radius 2 is 2.10 bits per heavy atom. The van der Waals surface area contributed by atoms with Crippen molar-refractivity contribution in [3.05, 3.63) is 35.2 Å². The minimum absolute atomic E-state index is 0.0592. The lowest BCUT2D eigenvalue weighted by Crippen LogP contribution is -2.37. The number of rotatable bonds is 6. The topological polar surface area (TPSA) is 85.7 Å². The van der Waals surface area contributed by atoms with Crippen LogP contribution in [0.1, 0.15) is 26.2 Å². The quantitative estimate of drug-likeness (QED) is 0.505. The predicted molar refractivity (Wildman–Crippen MR) is 117 cm³/mol. The van der Waals surface area contributed by atoms with E-state index in [1.807, 2.05) is 11.8 Å². The van der Waals surface area contributed by atoms with Gasteiger partial charge >= 0.3 is 6.09 Å². The lowest BCUT2D eigenvalue weighted by molar-refractivity contribution is -0.119. The molecule has 2 aliphatic rings. The monoisotopic (exact) mass is 468 g/mol. The summed E-state index contributed by atoms with van der Waals surface area (Å²) in [5.74, 6) is -1.01. The van der Waals surface area contributed by atoms with Gasteiger partial charge in [-0.2, -0.15) is 5.26 Å². The smallest absolute Gasteiger partial charge is 0.414 e. The third-order valence-corrected chi connectivity index (χ3v) is 5.84. The molecule has 0 radical (unpaired) electrons. The average molecular weight is 469 g/mol. The Morgan fingerprint density at radius 3 is 2.68 bits per heavy atom. The molecule has 166 valence electrons. The van der Waals surface area contributed by atoms with E-state index in [4.69, 9.17) is 27.9 Å². The standard InChI is InChI=1S/C21H23Cl2FN4O3/c1-2-13(10-25)14-5-7-27(8-6-14)18-4-3-15(9-17(18)24)28-12-16(31-21(28)30)11-26-20(29)19(22)23/h3-4,9,16,19H,2,5-8,11-12H2,1H3,(H,26,29)/t16-/m0/s1. The van der Waals surface area contributed by atoms with Gasteiger partial charge in [-0.15, -0.1) is 0 Å². The van der Waals surface area contributed by atoms with Crippen molar-refractivity contribution < 1.29 is 18.7 Å². The number of cyclic esters (lactones) is 1. The van der Waals surface area contributed by atoms with E-state index < -0.39 is 28.8 Å². The molecule has 2 saturated heterocycles. The van der Waals surface area contributed by atoms with Gasteiger partial charge in [0.25, 0.3) is 5.91 Å². The van der Waals surface area contributed by atoms with Gasteiger partial charge in [0, 0.05) is 18.7 Å². The van der Waals surface area contributed by atoms with Gasteiger partial charge in [0.05, 0.1) is 30.5 Å². The van der Waals surface area contributed by atoms with Crippen molar-refractivity contribution in [2.75, 3.05) is 36.0 Å².